The maximum absolute atomic E-state index is 13.6. The monoisotopic (exact) mass is 516 g/mol. The molecule has 1 aromatic carbocycles. The number of hydrogen-bond donors (Lipinski definition) is 1. The Hall–Kier alpha value is -3.91. The van der Waals surface area contributed by atoms with Gasteiger partial charge in [0.1, 0.15) is 22.6 Å². The van der Waals surface area contributed by atoms with Crippen LogP contribution < -0.4 is 4.90 Å². The number of ether oxygens (including phenoxy) is 1. The molecular weight excluding hydrogens is 484 g/mol. The second-order valence-corrected chi connectivity index (χ2v) is 10.0. The Morgan fingerprint density at radius 2 is 1.71 bits per heavy atom. The lowest BCUT2D eigenvalue weighted by molar-refractivity contribution is -0.123. The Bertz CT molecular complexity index is 1380. The zero-order chi connectivity index (χ0) is 26.6. The van der Waals surface area contributed by atoms with Crippen molar-refractivity contribution in [3.63, 3.8) is 0 Å². The van der Waals surface area contributed by atoms with Crippen LogP contribution in [0.1, 0.15) is 49.4 Å². The number of carbonyl (C=O) groups excluding carboxylic acids is 1. The van der Waals surface area contributed by atoms with Crippen LogP contribution in [0.25, 0.3) is 33.7 Å². The number of hydrogen-bond acceptors (Lipinski definition) is 6. The minimum Gasteiger partial charge on any atom is -0.477 e. The smallest absolute Gasteiger partial charge is 0.341 e. The molecular formula is C30H32N2O6. The average Bonchev–Trinajstić information content (AvgIpc) is 3.57. The van der Waals surface area contributed by atoms with Crippen LogP contribution in [0.2, 0.25) is 0 Å². The number of furan rings is 2. The first-order valence-electron chi connectivity index (χ1n) is 13.1. The fourth-order valence-electron chi connectivity index (χ4n) is 5.09. The number of rotatable bonds is 9. The molecule has 0 bridgehead atoms. The van der Waals surface area contributed by atoms with E-state index in [0.29, 0.717) is 48.2 Å². The second kappa shape index (κ2) is 11.2. The number of fused-ring (bicyclic) bond motifs is 1. The molecule has 1 fully saturated rings. The molecule has 1 aliphatic rings. The molecule has 5 rings (SSSR count). The van der Waals surface area contributed by atoms with E-state index in [1.165, 1.54) is 11.0 Å². The summed E-state index contributed by atoms with van der Waals surface area (Å²) in [7, 11) is 1.61. The van der Waals surface area contributed by atoms with Crippen molar-refractivity contribution in [2.75, 3.05) is 25.2 Å². The van der Waals surface area contributed by atoms with E-state index in [9.17, 15) is 14.7 Å². The summed E-state index contributed by atoms with van der Waals surface area (Å²) in [6, 6.07) is 14.6. The number of carboxylic acid groups (broad SMARTS) is 1. The lowest BCUT2D eigenvalue weighted by Gasteiger charge is -2.30. The Morgan fingerprint density at radius 1 is 1.03 bits per heavy atom. The van der Waals surface area contributed by atoms with Crippen molar-refractivity contribution < 1.29 is 28.3 Å². The number of amides is 1. The Labute approximate surface area is 221 Å². The van der Waals surface area contributed by atoms with Crippen LogP contribution in [-0.4, -0.2) is 42.2 Å². The summed E-state index contributed by atoms with van der Waals surface area (Å²) < 4.78 is 17.2. The van der Waals surface area contributed by atoms with Crippen molar-refractivity contribution in [3.8, 4) is 22.6 Å². The van der Waals surface area contributed by atoms with Crippen LogP contribution in [0.3, 0.4) is 0 Å². The first-order chi connectivity index (χ1) is 18.4. The van der Waals surface area contributed by atoms with Gasteiger partial charge in [-0.15, -0.1) is 0 Å². The third kappa shape index (κ3) is 5.36. The zero-order valence-electron chi connectivity index (χ0n) is 21.7. The number of aromatic carboxylic acids is 1. The van der Waals surface area contributed by atoms with Crippen LogP contribution >= 0.6 is 0 Å². The van der Waals surface area contributed by atoms with Gasteiger partial charge >= 0.3 is 5.97 Å². The first-order valence-corrected chi connectivity index (χ1v) is 13.1. The van der Waals surface area contributed by atoms with Crippen molar-refractivity contribution in [2.24, 2.45) is 11.8 Å². The van der Waals surface area contributed by atoms with E-state index in [4.69, 9.17) is 13.6 Å². The number of anilines is 1. The molecule has 4 aromatic rings. The van der Waals surface area contributed by atoms with Gasteiger partial charge in [-0.1, -0.05) is 31.2 Å². The van der Waals surface area contributed by atoms with E-state index in [2.05, 4.69) is 11.9 Å². The second-order valence-electron chi connectivity index (χ2n) is 10.0. The summed E-state index contributed by atoms with van der Waals surface area (Å²) in [5, 5.41) is 9.99. The molecule has 3 aromatic heterocycles. The van der Waals surface area contributed by atoms with Crippen LogP contribution in [0, 0.1) is 11.8 Å². The van der Waals surface area contributed by atoms with E-state index in [-0.39, 0.29) is 23.3 Å². The zero-order valence-corrected chi connectivity index (χ0v) is 21.7. The van der Waals surface area contributed by atoms with Gasteiger partial charge < -0.3 is 18.7 Å². The van der Waals surface area contributed by atoms with Gasteiger partial charge in [0.05, 0.1) is 0 Å². The molecule has 1 amide bonds. The Kier molecular flexibility index (Phi) is 7.60. The minimum absolute atomic E-state index is 0.0256. The third-order valence-corrected chi connectivity index (χ3v) is 7.29. The molecule has 0 radical (unpaired) electrons. The lowest BCUT2D eigenvalue weighted by Crippen LogP contribution is -2.39. The first kappa shape index (κ1) is 25.7. The van der Waals surface area contributed by atoms with Gasteiger partial charge in [-0.3, -0.25) is 14.7 Å². The average molecular weight is 517 g/mol. The maximum atomic E-state index is 13.6. The largest absolute Gasteiger partial charge is 0.477 e. The van der Waals surface area contributed by atoms with Gasteiger partial charge in [0.15, 0.2) is 5.58 Å². The molecule has 3 heterocycles. The fourth-order valence-corrected chi connectivity index (χ4v) is 5.09. The van der Waals surface area contributed by atoms with Gasteiger partial charge in [-0.25, -0.2) is 4.79 Å². The predicted molar refractivity (Wildman–Crippen MR) is 144 cm³/mol. The highest BCUT2D eigenvalue weighted by Gasteiger charge is 2.33. The van der Waals surface area contributed by atoms with Crippen molar-refractivity contribution in [1.82, 2.24) is 4.98 Å². The van der Waals surface area contributed by atoms with Crippen LogP contribution in [0.4, 0.5) is 5.88 Å². The van der Waals surface area contributed by atoms with Crippen molar-refractivity contribution >= 4 is 28.9 Å². The molecule has 198 valence electrons. The van der Waals surface area contributed by atoms with Gasteiger partial charge in [0.2, 0.25) is 11.8 Å². The molecule has 0 spiro atoms. The van der Waals surface area contributed by atoms with E-state index in [1.807, 2.05) is 42.5 Å². The number of methoxy groups -OCH3 is 1. The summed E-state index contributed by atoms with van der Waals surface area (Å²) in [6.07, 6.45) is 5.88. The number of carbonyl (C=O) groups is 2. The standard InChI is InChI=1S/C30H32N2O6/c1-19-6-8-22(9-7-19)28(33)32(15-4-16-36-2)29-23(30(34)35)17-26(38-29)20-10-12-21(13-11-20)27-18-24-25(37-27)5-3-14-31-24/h3,5,10-14,17-19,22H,4,6-9,15-16H2,1-2H3,(H,34,35). The third-order valence-electron chi connectivity index (χ3n) is 7.29. The molecule has 1 saturated carbocycles. The number of aromatic nitrogens is 1. The molecule has 1 aliphatic carbocycles. The normalized spacial score (nSPS) is 17.5. The minimum atomic E-state index is -1.14. The van der Waals surface area contributed by atoms with Crippen LogP contribution in [-0.2, 0) is 9.53 Å². The Morgan fingerprint density at radius 3 is 2.34 bits per heavy atom. The molecule has 38 heavy (non-hydrogen) atoms. The van der Waals surface area contributed by atoms with Crippen LogP contribution in [0.5, 0.6) is 0 Å². The van der Waals surface area contributed by atoms with Gasteiger partial charge in [0.25, 0.3) is 0 Å². The SMILES string of the molecule is COCCCN(C(=O)C1CCC(C)CC1)c1oc(-c2ccc(-c3cc4ncccc4o3)cc2)cc1C(=O)O. The van der Waals surface area contributed by atoms with E-state index >= 15 is 0 Å². The summed E-state index contributed by atoms with van der Waals surface area (Å²) in [5.41, 5.74) is 3.02. The molecule has 0 atom stereocenters. The predicted octanol–water partition coefficient (Wildman–Crippen LogP) is 6.65. The fraction of sp³-hybridized carbons (Fsp3) is 0.367. The molecule has 0 aliphatic heterocycles. The molecule has 0 unspecified atom stereocenters. The van der Waals surface area contributed by atoms with Gasteiger partial charge in [0, 0.05) is 55.6 Å². The maximum Gasteiger partial charge on any atom is 0.341 e. The molecule has 0 saturated heterocycles. The van der Waals surface area contributed by atoms with E-state index in [0.717, 1.165) is 36.8 Å². The Balaban J connectivity index is 1.44. The van der Waals surface area contributed by atoms with Crippen LogP contribution in [0.15, 0.2) is 63.6 Å². The number of pyridine rings is 1. The highest BCUT2D eigenvalue weighted by molar-refractivity contribution is 6.02. The summed E-state index contributed by atoms with van der Waals surface area (Å²) in [4.78, 5) is 31.7. The highest BCUT2D eigenvalue weighted by Crippen LogP contribution is 2.36. The van der Waals surface area contributed by atoms with Crippen molar-refractivity contribution in [1.29, 1.82) is 0 Å². The quantitative estimate of drug-likeness (QED) is 0.248. The number of carboxylic acids is 1. The van der Waals surface area contributed by atoms with Crippen molar-refractivity contribution in [3.05, 3.63) is 60.3 Å². The van der Waals surface area contributed by atoms with E-state index < -0.39 is 5.97 Å². The highest BCUT2D eigenvalue weighted by atomic mass is 16.5. The summed E-state index contributed by atoms with van der Waals surface area (Å²) in [5.74, 6) is 0.407. The summed E-state index contributed by atoms with van der Waals surface area (Å²) >= 11 is 0. The number of nitrogens with zero attached hydrogens (tertiary/aromatic N) is 2. The van der Waals surface area contributed by atoms with E-state index in [1.54, 1.807) is 13.3 Å². The topological polar surface area (TPSA) is 106 Å². The van der Waals surface area contributed by atoms with Gasteiger partial charge in [-0.05, 0) is 50.2 Å². The molecule has 1 N–H and O–H groups in total. The summed E-state index contributed by atoms with van der Waals surface area (Å²) in [6.45, 7) is 2.99. The lowest BCUT2D eigenvalue weighted by atomic mass is 9.82. The number of benzene rings is 1. The molecule has 8 heteroatoms. The van der Waals surface area contributed by atoms with Crippen molar-refractivity contribution in [2.45, 2.75) is 39.0 Å². The van der Waals surface area contributed by atoms with Gasteiger partial charge in [-0.2, -0.15) is 0 Å². The molecule has 8 nitrogen and oxygen atoms in total.